The van der Waals surface area contributed by atoms with E-state index < -0.39 is 0 Å². The summed E-state index contributed by atoms with van der Waals surface area (Å²) in [5.74, 6) is 1.70. The van der Waals surface area contributed by atoms with Crippen LogP contribution in [0.15, 0.2) is 18.3 Å². The molecular weight excluding hydrogens is 214 g/mol. The predicted molar refractivity (Wildman–Crippen MR) is 69.5 cm³/mol. The van der Waals surface area contributed by atoms with Crippen molar-refractivity contribution in [3.05, 3.63) is 18.3 Å². The maximum Gasteiger partial charge on any atom is 0.168 e. The number of hydrogen-bond donors (Lipinski definition) is 2. The van der Waals surface area contributed by atoms with Gasteiger partial charge in [0.2, 0.25) is 0 Å². The topological polar surface area (TPSA) is 46.2 Å². The fourth-order valence-electron chi connectivity index (χ4n) is 2.16. The van der Waals surface area contributed by atoms with Crippen molar-refractivity contribution in [2.24, 2.45) is 0 Å². The molecule has 1 fully saturated rings. The van der Waals surface area contributed by atoms with E-state index in [-0.39, 0.29) is 0 Å². The van der Waals surface area contributed by atoms with E-state index in [1.54, 1.807) is 6.20 Å². The Kier molecular flexibility index (Phi) is 4.62. The van der Waals surface area contributed by atoms with Crippen LogP contribution in [0.25, 0.3) is 0 Å². The number of hydrogen-bond acceptors (Lipinski definition) is 4. The lowest BCUT2D eigenvalue weighted by molar-refractivity contribution is 0.340. The van der Waals surface area contributed by atoms with E-state index in [0.717, 1.165) is 24.5 Å². The summed E-state index contributed by atoms with van der Waals surface area (Å²) in [7, 11) is 0. The van der Waals surface area contributed by atoms with Gasteiger partial charge in [-0.3, -0.25) is 0 Å². The molecule has 2 heterocycles. The van der Waals surface area contributed by atoms with E-state index in [1.807, 2.05) is 19.1 Å². The molecule has 0 aromatic carbocycles. The number of rotatable bonds is 6. The molecule has 1 saturated heterocycles. The summed E-state index contributed by atoms with van der Waals surface area (Å²) < 4.78 is 5.52. The van der Waals surface area contributed by atoms with Gasteiger partial charge in [-0.25, -0.2) is 4.98 Å². The molecule has 17 heavy (non-hydrogen) atoms. The number of anilines is 1. The standard InChI is InChI=1S/C13H21N3O/c1-2-17-12-6-4-9-15-13(12)16-10-7-11-5-3-8-14-11/h4,6,9,11,14H,2-3,5,7-8,10H2,1H3,(H,15,16)/t11-/m0/s1. The molecular formula is C13H21N3O. The molecule has 1 aromatic heterocycles. The van der Waals surface area contributed by atoms with Crippen LogP contribution in [0.4, 0.5) is 5.82 Å². The Balaban J connectivity index is 1.80. The fourth-order valence-corrected chi connectivity index (χ4v) is 2.16. The first-order chi connectivity index (χ1) is 8.40. The Bertz CT molecular complexity index is 337. The molecule has 1 atom stereocenters. The van der Waals surface area contributed by atoms with Crippen LogP contribution in [0.3, 0.4) is 0 Å². The van der Waals surface area contributed by atoms with Crippen molar-refractivity contribution in [3.63, 3.8) is 0 Å². The molecule has 0 saturated carbocycles. The van der Waals surface area contributed by atoms with Crippen LogP contribution >= 0.6 is 0 Å². The third kappa shape index (κ3) is 3.60. The summed E-state index contributed by atoms with van der Waals surface area (Å²) in [4.78, 5) is 4.30. The first-order valence-electron chi connectivity index (χ1n) is 6.45. The van der Waals surface area contributed by atoms with Gasteiger partial charge in [0, 0.05) is 18.8 Å². The van der Waals surface area contributed by atoms with Gasteiger partial charge in [-0.15, -0.1) is 0 Å². The van der Waals surface area contributed by atoms with E-state index in [9.17, 15) is 0 Å². The summed E-state index contributed by atoms with van der Waals surface area (Å²) in [5, 5.41) is 6.84. The summed E-state index contributed by atoms with van der Waals surface area (Å²) in [5.41, 5.74) is 0. The quantitative estimate of drug-likeness (QED) is 0.792. The summed E-state index contributed by atoms with van der Waals surface area (Å²) in [6, 6.07) is 4.52. The van der Waals surface area contributed by atoms with Crippen LogP contribution in [-0.2, 0) is 0 Å². The van der Waals surface area contributed by atoms with Crippen LogP contribution in [0.1, 0.15) is 26.2 Å². The Morgan fingerprint density at radius 2 is 2.53 bits per heavy atom. The van der Waals surface area contributed by atoms with E-state index in [0.29, 0.717) is 12.6 Å². The molecule has 2 rings (SSSR count). The van der Waals surface area contributed by atoms with Gasteiger partial charge in [0.05, 0.1) is 6.61 Å². The lowest BCUT2D eigenvalue weighted by Crippen LogP contribution is -2.24. The molecule has 0 unspecified atom stereocenters. The third-order valence-corrected chi connectivity index (χ3v) is 3.02. The average molecular weight is 235 g/mol. The van der Waals surface area contributed by atoms with Gasteiger partial charge in [-0.2, -0.15) is 0 Å². The summed E-state index contributed by atoms with van der Waals surface area (Å²) in [6.07, 6.45) is 5.53. The van der Waals surface area contributed by atoms with Crippen LogP contribution in [0.2, 0.25) is 0 Å². The smallest absolute Gasteiger partial charge is 0.168 e. The number of nitrogens with zero attached hydrogens (tertiary/aromatic N) is 1. The molecule has 1 aliphatic rings. The monoisotopic (exact) mass is 235 g/mol. The minimum absolute atomic E-state index is 0.668. The number of nitrogens with one attached hydrogen (secondary N) is 2. The largest absolute Gasteiger partial charge is 0.490 e. The molecule has 0 spiro atoms. The molecule has 0 aliphatic carbocycles. The van der Waals surface area contributed by atoms with Crippen molar-refractivity contribution in [1.82, 2.24) is 10.3 Å². The highest BCUT2D eigenvalue weighted by Gasteiger charge is 2.13. The number of pyridine rings is 1. The number of aromatic nitrogens is 1. The lowest BCUT2D eigenvalue weighted by atomic mass is 10.1. The van der Waals surface area contributed by atoms with Crippen molar-refractivity contribution in [2.75, 3.05) is 25.0 Å². The van der Waals surface area contributed by atoms with E-state index in [2.05, 4.69) is 15.6 Å². The molecule has 0 radical (unpaired) electrons. The normalized spacial score (nSPS) is 19.2. The Hall–Kier alpha value is -1.29. The predicted octanol–water partition coefficient (Wildman–Crippen LogP) is 2.03. The van der Waals surface area contributed by atoms with Crippen molar-refractivity contribution >= 4 is 5.82 Å². The van der Waals surface area contributed by atoms with Crippen LogP contribution in [0, 0.1) is 0 Å². The first-order valence-corrected chi connectivity index (χ1v) is 6.45. The molecule has 0 amide bonds. The lowest BCUT2D eigenvalue weighted by Gasteiger charge is -2.13. The van der Waals surface area contributed by atoms with Crippen molar-refractivity contribution < 1.29 is 4.74 Å². The van der Waals surface area contributed by atoms with Gasteiger partial charge >= 0.3 is 0 Å². The molecule has 4 heteroatoms. The number of ether oxygens (including phenoxy) is 1. The SMILES string of the molecule is CCOc1cccnc1NCC[C@@H]1CCCN1. The molecule has 0 bridgehead atoms. The Morgan fingerprint density at radius 3 is 3.29 bits per heavy atom. The molecule has 1 aliphatic heterocycles. The Morgan fingerprint density at radius 1 is 1.59 bits per heavy atom. The maximum absolute atomic E-state index is 5.52. The van der Waals surface area contributed by atoms with Crippen molar-refractivity contribution in [1.29, 1.82) is 0 Å². The minimum atomic E-state index is 0.668. The van der Waals surface area contributed by atoms with Gasteiger partial charge in [0.25, 0.3) is 0 Å². The third-order valence-electron chi connectivity index (χ3n) is 3.02. The highest BCUT2D eigenvalue weighted by atomic mass is 16.5. The molecule has 1 aromatic rings. The van der Waals surface area contributed by atoms with Crippen molar-refractivity contribution in [3.8, 4) is 5.75 Å². The molecule has 4 nitrogen and oxygen atoms in total. The van der Waals surface area contributed by atoms with E-state index >= 15 is 0 Å². The van der Waals surface area contributed by atoms with Gasteiger partial charge in [-0.05, 0) is 44.9 Å². The second-order valence-corrected chi connectivity index (χ2v) is 4.29. The van der Waals surface area contributed by atoms with Gasteiger partial charge in [0.15, 0.2) is 11.6 Å². The average Bonchev–Trinajstić information content (AvgIpc) is 2.85. The molecule has 94 valence electrons. The van der Waals surface area contributed by atoms with Gasteiger partial charge < -0.3 is 15.4 Å². The minimum Gasteiger partial charge on any atom is -0.490 e. The van der Waals surface area contributed by atoms with Crippen molar-refractivity contribution in [2.45, 2.75) is 32.2 Å². The summed E-state index contributed by atoms with van der Waals surface area (Å²) in [6.45, 7) is 4.76. The second kappa shape index (κ2) is 6.45. The highest BCUT2D eigenvalue weighted by molar-refractivity contribution is 5.49. The van der Waals surface area contributed by atoms with Crippen LogP contribution in [-0.4, -0.2) is 30.7 Å². The zero-order valence-corrected chi connectivity index (χ0v) is 10.4. The van der Waals surface area contributed by atoms with Crippen LogP contribution < -0.4 is 15.4 Å². The zero-order chi connectivity index (χ0) is 11.9. The maximum atomic E-state index is 5.52. The fraction of sp³-hybridized carbons (Fsp3) is 0.615. The zero-order valence-electron chi connectivity index (χ0n) is 10.4. The van der Waals surface area contributed by atoms with Gasteiger partial charge in [-0.1, -0.05) is 0 Å². The van der Waals surface area contributed by atoms with Gasteiger partial charge in [0.1, 0.15) is 0 Å². The van der Waals surface area contributed by atoms with E-state index in [4.69, 9.17) is 4.74 Å². The first kappa shape index (κ1) is 12.2. The molecule has 2 N–H and O–H groups in total. The van der Waals surface area contributed by atoms with Crippen LogP contribution in [0.5, 0.6) is 5.75 Å². The Labute approximate surface area is 103 Å². The van der Waals surface area contributed by atoms with E-state index in [1.165, 1.54) is 19.4 Å². The second-order valence-electron chi connectivity index (χ2n) is 4.29. The summed E-state index contributed by atoms with van der Waals surface area (Å²) >= 11 is 0. The highest BCUT2D eigenvalue weighted by Crippen LogP contribution is 2.20.